The van der Waals surface area contributed by atoms with E-state index in [1.807, 2.05) is 13.0 Å². The van der Waals surface area contributed by atoms with Crippen molar-refractivity contribution < 1.29 is 4.42 Å². The molecule has 2 aromatic heterocycles. The van der Waals surface area contributed by atoms with E-state index in [9.17, 15) is 0 Å². The van der Waals surface area contributed by atoms with Crippen molar-refractivity contribution >= 4 is 22.9 Å². The molecule has 0 amide bonds. The maximum atomic E-state index is 5.83. The van der Waals surface area contributed by atoms with E-state index < -0.39 is 0 Å². The fourth-order valence-corrected chi connectivity index (χ4v) is 2.97. The lowest BCUT2D eigenvalue weighted by Crippen LogP contribution is -2.22. The molecular formula is C13H17ClN2OS. The van der Waals surface area contributed by atoms with Crippen molar-refractivity contribution in [1.29, 1.82) is 0 Å². The highest BCUT2D eigenvalue weighted by Gasteiger charge is 2.17. The van der Waals surface area contributed by atoms with Crippen molar-refractivity contribution in [3.05, 3.63) is 38.7 Å². The van der Waals surface area contributed by atoms with Gasteiger partial charge < -0.3 is 9.73 Å². The third kappa shape index (κ3) is 3.13. The summed E-state index contributed by atoms with van der Waals surface area (Å²) in [6.07, 6.45) is 0.830. The van der Waals surface area contributed by atoms with Crippen LogP contribution in [0.4, 0.5) is 0 Å². The van der Waals surface area contributed by atoms with E-state index in [0.29, 0.717) is 5.22 Å². The van der Waals surface area contributed by atoms with Crippen LogP contribution < -0.4 is 5.32 Å². The van der Waals surface area contributed by atoms with Gasteiger partial charge in [0.15, 0.2) is 5.22 Å². The normalized spacial score (nSPS) is 12.9. The first-order valence-corrected chi connectivity index (χ1v) is 7.21. The molecule has 0 aliphatic rings. The molecule has 18 heavy (non-hydrogen) atoms. The van der Waals surface area contributed by atoms with Crippen LogP contribution in [0.15, 0.2) is 16.5 Å². The van der Waals surface area contributed by atoms with Gasteiger partial charge in [-0.25, -0.2) is 4.98 Å². The van der Waals surface area contributed by atoms with E-state index in [-0.39, 0.29) is 6.04 Å². The lowest BCUT2D eigenvalue weighted by molar-refractivity contribution is 0.417. The maximum absolute atomic E-state index is 5.83. The molecule has 0 bridgehead atoms. The standard InChI is InChI=1S/C13H17ClN2OS/c1-4-15-10(11-5-6-12(14)17-11)7-13-16-8(2)9(3)18-13/h5-6,10,15H,4,7H2,1-3H3. The molecule has 2 heterocycles. The van der Waals surface area contributed by atoms with Gasteiger partial charge in [-0.15, -0.1) is 11.3 Å². The van der Waals surface area contributed by atoms with E-state index in [2.05, 4.69) is 24.1 Å². The summed E-state index contributed by atoms with van der Waals surface area (Å²) in [5.41, 5.74) is 1.11. The Balaban J connectivity index is 2.15. The van der Waals surface area contributed by atoms with Gasteiger partial charge in [0.2, 0.25) is 0 Å². The van der Waals surface area contributed by atoms with Gasteiger partial charge in [-0.3, -0.25) is 0 Å². The van der Waals surface area contributed by atoms with Crippen LogP contribution in [0, 0.1) is 13.8 Å². The SMILES string of the molecule is CCNC(Cc1nc(C)c(C)s1)c1ccc(Cl)o1. The second-order valence-electron chi connectivity index (χ2n) is 4.21. The van der Waals surface area contributed by atoms with Crippen LogP contribution in [-0.4, -0.2) is 11.5 Å². The number of hydrogen-bond acceptors (Lipinski definition) is 4. The first-order chi connectivity index (χ1) is 8.60. The predicted molar refractivity (Wildman–Crippen MR) is 75.4 cm³/mol. The minimum absolute atomic E-state index is 0.132. The van der Waals surface area contributed by atoms with Gasteiger partial charge in [-0.2, -0.15) is 0 Å². The first-order valence-electron chi connectivity index (χ1n) is 6.01. The average molecular weight is 285 g/mol. The Labute approximate surface area is 116 Å². The van der Waals surface area contributed by atoms with Gasteiger partial charge >= 0.3 is 0 Å². The second kappa shape index (κ2) is 5.87. The van der Waals surface area contributed by atoms with Gasteiger partial charge in [0.25, 0.3) is 0 Å². The highest BCUT2D eigenvalue weighted by molar-refractivity contribution is 7.11. The summed E-state index contributed by atoms with van der Waals surface area (Å²) in [6, 6.07) is 3.83. The number of furan rings is 1. The topological polar surface area (TPSA) is 38.1 Å². The third-order valence-electron chi connectivity index (χ3n) is 2.84. The summed E-state index contributed by atoms with van der Waals surface area (Å²) in [5, 5.41) is 4.96. The number of nitrogens with zero attached hydrogens (tertiary/aromatic N) is 1. The van der Waals surface area contributed by atoms with Crippen molar-refractivity contribution in [2.24, 2.45) is 0 Å². The van der Waals surface area contributed by atoms with Crippen LogP contribution >= 0.6 is 22.9 Å². The molecule has 0 saturated carbocycles. The Morgan fingerprint density at radius 1 is 1.44 bits per heavy atom. The van der Waals surface area contributed by atoms with Gasteiger partial charge in [-0.05, 0) is 44.1 Å². The van der Waals surface area contributed by atoms with E-state index in [0.717, 1.165) is 29.4 Å². The zero-order valence-electron chi connectivity index (χ0n) is 10.8. The Morgan fingerprint density at radius 2 is 2.22 bits per heavy atom. The summed E-state index contributed by atoms with van der Waals surface area (Å²) in [6.45, 7) is 7.10. The van der Waals surface area contributed by atoms with Crippen LogP contribution in [0.5, 0.6) is 0 Å². The van der Waals surface area contributed by atoms with Crippen LogP contribution in [0.25, 0.3) is 0 Å². The largest absolute Gasteiger partial charge is 0.448 e. The third-order valence-corrected chi connectivity index (χ3v) is 4.14. The minimum Gasteiger partial charge on any atom is -0.448 e. The number of rotatable bonds is 5. The molecule has 0 spiro atoms. The molecule has 1 unspecified atom stereocenters. The maximum Gasteiger partial charge on any atom is 0.193 e. The molecule has 2 aromatic rings. The quantitative estimate of drug-likeness (QED) is 0.905. The molecular weight excluding hydrogens is 268 g/mol. The molecule has 3 nitrogen and oxygen atoms in total. The second-order valence-corrected chi connectivity index (χ2v) is 5.87. The lowest BCUT2D eigenvalue weighted by Gasteiger charge is -2.13. The Kier molecular flexibility index (Phi) is 4.43. The van der Waals surface area contributed by atoms with Gasteiger partial charge in [0, 0.05) is 11.3 Å². The van der Waals surface area contributed by atoms with Gasteiger partial charge in [0.05, 0.1) is 16.7 Å². The predicted octanol–water partition coefficient (Wildman–Crippen LogP) is 3.90. The number of aromatic nitrogens is 1. The zero-order valence-corrected chi connectivity index (χ0v) is 12.4. The number of likely N-dealkylation sites (N-methyl/N-ethyl adjacent to an activating group) is 1. The molecule has 1 N–H and O–H groups in total. The molecule has 0 aliphatic carbocycles. The number of aryl methyl sites for hydroxylation is 2. The number of thiazole rings is 1. The van der Waals surface area contributed by atoms with E-state index in [1.54, 1.807) is 17.4 Å². The molecule has 0 aromatic carbocycles. The molecule has 5 heteroatoms. The molecule has 0 radical (unpaired) electrons. The first kappa shape index (κ1) is 13.6. The van der Waals surface area contributed by atoms with Crippen LogP contribution in [0.1, 0.15) is 34.3 Å². The van der Waals surface area contributed by atoms with Crippen molar-refractivity contribution in [2.75, 3.05) is 6.54 Å². The monoisotopic (exact) mass is 284 g/mol. The van der Waals surface area contributed by atoms with Crippen LogP contribution in [-0.2, 0) is 6.42 Å². The Morgan fingerprint density at radius 3 is 2.72 bits per heavy atom. The summed E-state index contributed by atoms with van der Waals surface area (Å²) in [5.74, 6) is 0.868. The summed E-state index contributed by atoms with van der Waals surface area (Å²) >= 11 is 7.57. The highest BCUT2D eigenvalue weighted by atomic mass is 35.5. The number of halogens is 1. The van der Waals surface area contributed by atoms with E-state index in [1.165, 1.54) is 4.88 Å². The fourth-order valence-electron chi connectivity index (χ4n) is 1.84. The molecule has 0 aliphatic heterocycles. The van der Waals surface area contributed by atoms with Crippen molar-refractivity contribution in [1.82, 2.24) is 10.3 Å². The number of hydrogen-bond donors (Lipinski definition) is 1. The molecule has 1 atom stereocenters. The van der Waals surface area contributed by atoms with Crippen molar-refractivity contribution in [3.8, 4) is 0 Å². The van der Waals surface area contributed by atoms with Crippen molar-refractivity contribution in [2.45, 2.75) is 33.2 Å². The highest BCUT2D eigenvalue weighted by Crippen LogP contribution is 2.26. The lowest BCUT2D eigenvalue weighted by atomic mass is 10.1. The minimum atomic E-state index is 0.132. The summed E-state index contributed by atoms with van der Waals surface area (Å²) in [4.78, 5) is 5.84. The number of nitrogens with one attached hydrogen (secondary N) is 1. The van der Waals surface area contributed by atoms with Gasteiger partial charge in [-0.1, -0.05) is 6.92 Å². The van der Waals surface area contributed by atoms with Gasteiger partial charge in [0.1, 0.15) is 5.76 Å². The van der Waals surface area contributed by atoms with E-state index >= 15 is 0 Å². The molecule has 0 saturated heterocycles. The summed E-state index contributed by atoms with van der Waals surface area (Å²) in [7, 11) is 0. The average Bonchev–Trinajstić information content (AvgIpc) is 2.86. The van der Waals surface area contributed by atoms with Crippen LogP contribution in [0.2, 0.25) is 5.22 Å². The smallest absolute Gasteiger partial charge is 0.193 e. The summed E-state index contributed by atoms with van der Waals surface area (Å²) < 4.78 is 5.49. The fraction of sp³-hybridized carbons (Fsp3) is 0.462. The molecule has 0 fully saturated rings. The molecule has 98 valence electrons. The van der Waals surface area contributed by atoms with Crippen LogP contribution in [0.3, 0.4) is 0 Å². The van der Waals surface area contributed by atoms with Crippen molar-refractivity contribution in [3.63, 3.8) is 0 Å². The zero-order chi connectivity index (χ0) is 13.1. The van der Waals surface area contributed by atoms with E-state index in [4.69, 9.17) is 16.0 Å². The molecule has 2 rings (SSSR count). The Bertz CT molecular complexity index is 501. The Hall–Kier alpha value is -0.840.